The number of benzene rings is 1. The quantitative estimate of drug-likeness (QED) is 0.699. The van der Waals surface area contributed by atoms with Crippen molar-refractivity contribution in [3.05, 3.63) is 42.2 Å². The fourth-order valence-electron chi connectivity index (χ4n) is 1.89. The molecule has 118 valence electrons. The second-order valence-electron chi connectivity index (χ2n) is 4.90. The molecule has 2 heterocycles. The van der Waals surface area contributed by atoms with Gasteiger partial charge in [0.1, 0.15) is 5.76 Å². The number of hydrogen-bond acceptors (Lipinski definition) is 6. The average molecular weight is 329 g/mol. The zero-order chi connectivity index (χ0) is 16.2. The number of aromatic nitrogens is 4. The predicted molar refractivity (Wildman–Crippen MR) is 87.0 cm³/mol. The molecule has 1 aromatic carbocycles. The molecule has 23 heavy (non-hydrogen) atoms. The molecule has 8 heteroatoms. The van der Waals surface area contributed by atoms with Gasteiger partial charge in [0.05, 0.1) is 5.25 Å². The lowest BCUT2D eigenvalue weighted by Gasteiger charge is -2.07. The van der Waals surface area contributed by atoms with Gasteiger partial charge >= 0.3 is 0 Å². The van der Waals surface area contributed by atoms with E-state index in [2.05, 4.69) is 25.7 Å². The van der Waals surface area contributed by atoms with Crippen LogP contribution in [0.4, 0.5) is 5.82 Å². The summed E-state index contributed by atoms with van der Waals surface area (Å²) >= 11 is 1.27. The maximum atomic E-state index is 12.1. The number of rotatable bonds is 5. The lowest BCUT2D eigenvalue weighted by molar-refractivity contribution is -0.115. The first-order chi connectivity index (χ1) is 11.1. The molecule has 0 aliphatic heterocycles. The number of amides is 1. The van der Waals surface area contributed by atoms with Gasteiger partial charge in [-0.2, -0.15) is 0 Å². The zero-order valence-electron chi connectivity index (χ0n) is 12.6. The van der Waals surface area contributed by atoms with E-state index in [0.29, 0.717) is 22.6 Å². The molecule has 0 aliphatic carbocycles. The maximum absolute atomic E-state index is 12.1. The predicted octanol–water partition coefficient (Wildman–Crippen LogP) is 2.89. The Balaban J connectivity index is 1.62. The number of nitrogens with one attached hydrogen (secondary N) is 2. The molecule has 2 N–H and O–H groups in total. The molecule has 0 saturated carbocycles. The second kappa shape index (κ2) is 6.66. The smallest absolute Gasteiger partial charge is 0.238 e. The summed E-state index contributed by atoms with van der Waals surface area (Å²) in [5, 5.41) is 13.6. The van der Waals surface area contributed by atoms with E-state index < -0.39 is 0 Å². The third kappa shape index (κ3) is 3.78. The van der Waals surface area contributed by atoms with Gasteiger partial charge in [-0.25, -0.2) is 4.98 Å². The van der Waals surface area contributed by atoms with Crippen molar-refractivity contribution < 1.29 is 9.32 Å². The van der Waals surface area contributed by atoms with Crippen LogP contribution in [0.5, 0.6) is 0 Å². The van der Waals surface area contributed by atoms with E-state index in [1.807, 2.05) is 30.3 Å². The van der Waals surface area contributed by atoms with Crippen LogP contribution in [0.3, 0.4) is 0 Å². The molecule has 0 spiro atoms. The summed E-state index contributed by atoms with van der Waals surface area (Å²) < 4.78 is 4.91. The molecule has 3 rings (SSSR count). The van der Waals surface area contributed by atoms with Gasteiger partial charge in [-0.05, 0) is 13.8 Å². The van der Waals surface area contributed by atoms with E-state index in [4.69, 9.17) is 4.52 Å². The molecule has 0 aliphatic rings. The monoisotopic (exact) mass is 329 g/mol. The molecule has 7 nitrogen and oxygen atoms in total. The van der Waals surface area contributed by atoms with Crippen LogP contribution in [-0.4, -0.2) is 31.5 Å². The van der Waals surface area contributed by atoms with Gasteiger partial charge in [0, 0.05) is 11.6 Å². The molecule has 0 fully saturated rings. The Bertz CT molecular complexity index is 799. The summed E-state index contributed by atoms with van der Waals surface area (Å²) in [6.45, 7) is 3.55. The summed E-state index contributed by atoms with van der Waals surface area (Å²) in [5.41, 5.74) is 0.946. The summed E-state index contributed by atoms with van der Waals surface area (Å²) in [6.07, 6.45) is 0. The third-order valence-corrected chi connectivity index (χ3v) is 4.00. The molecule has 0 bridgehead atoms. The van der Waals surface area contributed by atoms with Crippen molar-refractivity contribution in [3.8, 4) is 11.4 Å². The SMILES string of the molecule is Cc1cc(NC(=O)C(C)Sc2n[nH]c(-c3ccccc3)n2)no1. The van der Waals surface area contributed by atoms with E-state index in [9.17, 15) is 4.79 Å². The number of carbonyl (C=O) groups is 1. The maximum Gasteiger partial charge on any atom is 0.238 e. The molecular weight excluding hydrogens is 314 g/mol. The Morgan fingerprint density at radius 3 is 2.83 bits per heavy atom. The van der Waals surface area contributed by atoms with Crippen molar-refractivity contribution in [1.29, 1.82) is 0 Å². The lowest BCUT2D eigenvalue weighted by atomic mass is 10.2. The van der Waals surface area contributed by atoms with Crippen LogP contribution in [0, 0.1) is 6.92 Å². The molecular formula is C15H15N5O2S. The first-order valence-electron chi connectivity index (χ1n) is 7.00. The summed E-state index contributed by atoms with van der Waals surface area (Å²) in [7, 11) is 0. The van der Waals surface area contributed by atoms with Gasteiger partial charge in [-0.3, -0.25) is 9.89 Å². The van der Waals surface area contributed by atoms with Gasteiger partial charge in [-0.15, -0.1) is 5.10 Å². The highest BCUT2D eigenvalue weighted by molar-refractivity contribution is 8.00. The van der Waals surface area contributed by atoms with Gasteiger partial charge in [0.15, 0.2) is 11.6 Å². The number of aromatic amines is 1. The van der Waals surface area contributed by atoms with Crippen LogP contribution >= 0.6 is 11.8 Å². The Morgan fingerprint density at radius 2 is 2.13 bits per heavy atom. The van der Waals surface area contributed by atoms with Crippen molar-refractivity contribution in [3.63, 3.8) is 0 Å². The van der Waals surface area contributed by atoms with Crippen LogP contribution in [0.15, 0.2) is 46.1 Å². The van der Waals surface area contributed by atoms with Gasteiger partial charge in [0.2, 0.25) is 11.1 Å². The number of H-pyrrole nitrogens is 1. The molecule has 1 atom stereocenters. The Kier molecular flexibility index (Phi) is 4.42. The van der Waals surface area contributed by atoms with Crippen LogP contribution in [-0.2, 0) is 4.79 Å². The van der Waals surface area contributed by atoms with Crippen LogP contribution < -0.4 is 5.32 Å². The second-order valence-corrected chi connectivity index (χ2v) is 6.21. The van der Waals surface area contributed by atoms with E-state index in [1.54, 1.807) is 19.9 Å². The van der Waals surface area contributed by atoms with Crippen molar-refractivity contribution >= 4 is 23.5 Å². The van der Waals surface area contributed by atoms with Gasteiger partial charge in [-0.1, -0.05) is 47.3 Å². The Hall–Kier alpha value is -2.61. The standard InChI is InChI=1S/C15H15N5O2S/c1-9-8-12(20-22-9)16-14(21)10(2)23-15-17-13(18-19-15)11-6-4-3-5-7-11/h3-8,10H,1-2H3,(H,16,20,21)(H,17,18,19). The topological polar surface area (TPSA) is 96.7 Å². The van der Waals surface area contributed by atoms with E-state index in [1.165, 1.54) is 11.8 Å². The third-order valence-electron chi connectivity index (χ3n) is 3.04. The molecule has 0 radical (unpaired) electrons. The zero-order valence-corrected chi connectivity index (χ0v) is 13.4. The van der Waals surface area contributed by atoms with E-state index in [0.717, 1.165) is 5.56 Å². The average Bonchev–Trinajstić information content (AvgIpc) is 3.17. The highest BCUT2D eigenvalue weighted by atomic mass is 32.2. The minimum atomic E-state index is -0.369. The molecule has 3 aromatic rings. The first-order valence-corrected chi connectivity index (χ1v) is 7.88. The number of aryl methyl sites for hydroxylation is 1. The van der Waals surface area contributed by atoms with Crippen LogP contribution in [0.1, 0.15) is 12.7 Å². The number of anilines is 1. The Morgan fingerprint density at radius 1 is 1.35 bits per heavy atom. The summed E-state index contributed by atoms with van der Waals surface area (Å²) in [5.74, 6) is 1.53. The molecule has 0 saturated heterocycles. The van der Waals surface area contributed by atoms with Crippen molar-refractivity contribution in [1.82, 2.24) is 20.3 Å². The van der Waals surface area contributed by atoms with Crippen LogP contribution in [0.2, 0.25) is 0 Å². The van der Waals surface area contributed by atoms with E-state index in [-0.39, 0.29) is 11.2 Å². The van der Waals surface area contributed by atoms with Crippen LogP contribution in [0.25, 0.3) is 11.4 Å². The first kappa shape index (κ1) is 15.3. The number of hydrogen-bond donors (Lipinski definition) is 2. The largest absolute Gasteiger partial charge is 0.360 e. The number of thioether (sulfide) groups is 1. The fraction of sp³-hybridized carbons (Fsp3) is 0.200. The molecule has 1 unspecified atom stereocenters. The fourth-order valence-corrected chi connectivity index (χ4v) is 2.61. The normalized spacial score (nSPS) is 12.1. The van der Waals surface area contributed by atoms with Gasteiger partial charge in [0.25, 0.3) is 0 Å². The highest BCUT2D eigenvalue weighted by Crippen LogP contribution is 2.23. The summed E-state index contributed by atoms with van der Waals surface area (Å²) in [4.78, 5) is 16.5. The van der Waals surface area contributed by atoms with Crippen molar-refractivity contribution in [2.45, 2.75) is 24.3 Å². The lowest BCUT2D eigenvalue weighted by Crippen LogP contribution is -2.22. The van der Waals surface area contributed by atoms with Gasteiger partial charge < -0.3 is 9.84 Å². The number of nitrogens with zero attached hydrogens (tertiary/aromatic N) is 3. The van der Waals surface area contributed by atoms with Crippen molar-refractivity contribution in [2.75, 3.05) is 5.32 Å². The summed E-state index contributed by atoms with van der Waals surface area (Å²) in [6, 6.07) is 11.3. The number of carbonyl (C=O) groups excluding carboxylic acids is 1. The Labute approximate surface area is 136 Å². The molecule has 2 aromatic heterocycles. The highest BCUT2D eigenvalue weighted by Gasteiger charge is 2.18. The minimum Gasteiger partial charge on any atom is -0.360 e. The van der Waals surface area contributed by atoms with Crippen molar-refractivity contribution in [2.24, 2.45) is 0 Å². The minimum absolute atomic E-state index is 0.186. The van der Waals surface area contributed by atoms with E-state index >= 15 is 0 Å². The molecule has 1 amide bonds.